The molecule has 0 saturated heterocycles. The average Bonchev–Trinajstić information content (AvgIpc) is 2.38. The van der Waals surface area contributed by atoms with Gasteiger partial charge in [-0.05, 0) is 18.2 Å². The molecule has 0 aliphatic rings. The van der Waals surface area contributed by atoms with Gasteiger partial charge in [-0.15, -0.1) is 0 Å². The SMILES string of the molecule is Nc1cc(S(=O)(=O)Nc2c(Cl)cccc2Cl)c(F)cc1F. The summed E-state index contributed by atoms with van der Waals surface area (Å²) in [6.07, 6.45) is 0. The molecular formula is C12H8Cl2F2N2O2S. The Balaban J connectivity index is 2.51. The molecule has 3 N–H and O–H groups in total. The van der Waals surface area contributed by atoms with Crippen LogP contribution in [-0.2, 0) is 10.0 Å². The highest BCUT2D eigenvalue weighted by molar-refractivity contribution is 7.92. The van der Waals surface area contributed by atoms with Gasteiger partial charge in [0, 0.05) is 6.07 Å². The van der Waals surface area contributed by atoms with Gasteiger partial charge in [0.05, 0.1) is 21.4 Å². The second kappa shape index (κ2) is 5.67. The zero-order valence-corrected chi connectivity index (χ0v) is 12.5. The lowest BCUT2D eigenvalue weighted by molar-refractivity contribution is 0.553. The fourth-order valence-corrected chi connectivity index (χ4v) is 3.34. The van der Waals surface area contributed by atoms with Crippen LogP contribution in [0.1, 0.15) is 0 Å². The average molecular weight is 353 g/mol. The van der Waals surface area contributed by atoms with E-state index in [1.807, 2.05) is 4.72 Å². The second-order valence-electron chi connectivity index (χ2n) is 4.01. The van der Waals surface area contributed by atoms with Gasteiger partial charge in [0.15, 0.2) is 0 Å². The predicted octanol–water partition coefficient (Wildman–Crippen LogP) is 3.65. The molecule has 112 valence electrons. The molecule has 0 atom stereocenters. The Bertz CT molecular complexity index is 793. The summed E-state index contributed by atoms with van der Waals surface area (Å²) >= 11 is 11.7. The number of para-hydroxylation sites is 1. The van der Waals surface area contributed by atoms with E-state index >= 15 is 0 Å². The molecule has 0 radical (unpaired) electrons. The zero-order chi connectivity index (χ0) is 15.8. The van der Waals surface area contributed by atoms with Crippen molar-refractivity contribution in [2.45, 2.75) is 4.90 Å². The molecule has 0 aliphatic heterocycles. The van der Waals surface area contributed by atoms with Crippen molar-refractivity contribution < 1.29 is 17.2 Å². The quantitative estimate of drug-likeness (QED) is 0.828. The standard InChI is InChI=1S/C12H8Cl2F2N2O2S/c13-6-2-1-3-7(14)12(6)18-21(19,20)11-5-10(17)8(15)4-9(11)16/h1-5,18H,17H2. The third-order valence-corrected chi connectivity index (χ3v) is 4.53. The van der Waals surface area contributed by atoms with Gasteiger partial charge >= 0.3 is 0 Å². The summed E-state index contributed by atoms with van der Waals surface area (Å²) in [5.41, 5.74) is 4.65. The number of halogens is 4. The lowest BCUT2D eigenvalue weighted by Crippen LogP contribution is -2.16. The van der Waals surface area contributed by atoms with Crippen molar-refractivity contribution in [2.75, 3.05) is 10.5 Å². The van der Waals surface area contributed by atoms with Crippen LogP contribution in [0, 0.1) is 11.6 Å². The van der Waals surface area contributed by atoms with E-state index < -0.39 is 32.2 Å². The Morgan fingerprint density at radius 1 is 1.05 bits per heavy atom. The van der Waals surface area contributed by atoms with Crippen LogP contribution in [0.3, 0.4) is 0 Å². The summed E-state index contributed by atoms with van der Waals surface area (Å²) in [5.74, 6) is -2.33. The second-order valence-corrected chi connectivity index (χ2v) is 6.47. The van der Waals surface area contributed by atoms with E-state index in [-0.39, 0.29) is 15.7 Å². The van der Waals surface area contributed by atoms with Crippen LogP contribution in [0.4, 0.5) is 20.2 Å². The molecule has 0 aliphatic carbocycles. The monoisotopic (exact) mass is 352 g/mol. The molecular weight excluding hydrogens is 345 g/mol. The van der Waals surface area contributed by atoms with Gasteiger partial charge in [-0.3, -0.25) is 4.72 Å². The summed E-state index contributed by atoms with van der Waals surface area (Å²) in [4.78, 5) is -0.808. The molecule has 0 saturated carbocycles. The zero-order valence-electron chi connectivity index (χ0n) is 10.2. The van der Waals surface area contributed by atoms with Gasteiger partial charge in [-0.25, -0.2) is 17.2 Å². The van der Waals surface area contributed by atoms with Gasteiger partial charge in [0.2, 0.25) is 0 Å². The minimum Gasteiger partial charge on any atom is -0.396 e. The number of hydrogen-bond donors (Lipinski definition) is 2. The smallest absolute Gasteiger partial charge is 0.264 e. The summed E-state index contributed by atoms with van der Waals surface area (Å²) in [7, 11) is -4.37. The molecule has 0 bridgehead atoms. The maximum atomic E-state index is 13.6. The Labute approximate surface area is 129 Å². The van der Waals surface area contributed by atoms with E-state index in [0.29, 0.717) is 12.1 Å². The lowest BCUT2D eigenvalue weighted by Gasteiger charge is -2.12. The Morgan fingerprint density at radius 2 is 1.62 bits per heavy atom. The molecule has 0 heterocycles. The molecule has 2 aromatic rings. The normalized spacial score (nSPS) is 11.4. The first-order valence-electron chi connectivity index (χ1n) is 5.43. The summed E-state index contributed by atoms with van der Waals surface area (Å²) in [5, 5.41) is 0.0585. The maximum Gasteiger partial charge on any atom is 0.264 e. The number of nitrogens with one attached hydrogen (secondary N) is 1. The highest BCUT2D eigenvalue weighted by atomic mass is 35.5. The largest absolute Gasteiger partial charge is 0.396 e. The predicted molar refractivity (Wildman–Crippen MR) is 78.0 cm³/mol. The van der Waals surface area contributed by atoms with Crippen molar-refractivity contribution in [3.63, 3.8) is 0 Å². The highest BCUT2D eigenvalue weighted by Crippen LogP contribution is 2.32. The van der Waals surface area contributed by atoms with Crippen LogP contribution in [0.2, 0.25) is 10.0 Å². The molecule has 4 nitrogen and oxygen atoms in total. The van der Waals surface area contributed by atoms with Crippen LogP contribution in [0.5, 0.6) is 0 Å². The Morgan fingerprint density at radius 3 is 2.19 bits per heavy atom. The first-order chi connectivity index (χ1) is 9.72. The van der Waals surface area contributed by atoms with Crippen molar-refractivity contribution >= 4 is 44.6 Å². The van der Waals surface area contributed by atoms with E-state index in [1.54, 1.807) is 0 Å². The van der Waals surface area contributed by atoms with Crippen molar-refractivity contribution in [3.8, 4) is 0 Å². The third-order valence-electron chi connectivity index (χ3n) is 2.54. The van der Waals surface area contributed by atoms with Crippen LogP contribution < -0.4 is 10.5 Å². The minimum absolute atomic E-state index is 0.0292. The molecule has 0 unspecified atom stereocenters. The first-order valence-corrected chi connectivity index (χ1v) is 7.67. The molecule has 2 aromatic carbocycles. The molecule has 0 aromatic heterocycles. The minimum atomic E-state index is -4.37. The van der Waals surface area contributed by atoms with Gasteiger partial charge in [0.25, 0.3) is 10.0 Å². The van der Waals surface area contributed by atoms with Gasteiger partial charge < -0.3 is 5.73 Å². The van der Waals surface area contributed by atoms with Crippen LogP contribution in [0.15, 0.2) is 35.2 Å². The Hall–Kier alpha value is -1.57. The van der Waals surface area contributed by atoms with Crippen molar-refractivity contribution in [1.29, 1.82) is 0 Å². The molecule has 0 fully saturated rings. The first kappa shape index (κ1) is 15.8. The molecule has 21 heavy (non-hydrogen) atoms. The number of anilines is 2. The van der Waals surface area contributed by atoms with Crippen molar-refractivity contribution in [2.24, 2.45) is 0 Å². The van der Waals surface area contributed by atoms with E-state index in [0.717, 1.165) is 0 Å². The molecule has 2 rings (SSSR count). The number of hydrogen-bond acceptors (Lipinski definition) is 3. The number of benzene rings is 2. The summed E-state index contributed by atoms with van der Waals surface area (Å²) < 4.78 is 53.1. The topological polar surface area (TPSA) is 72.2 Å². The highest BCUT2D eigenvalue weighted by Gasteiger charge is 2.23. The van der Waals surface area contributed by atoms with Crippen LogP contribution in [-0.4, -0.2) is 8.42 Å². The number of sulfonamides is 1. The molecule has 0 amide bonds. The number of rotatable bonds is 3. The molecule has 0 spiro atoms. The number of nitrogens with two attached hydrogens (primary N) is 1. The lowest BCUT2D eigenvalue weighted by atomic mass is 10.3. The van der Waals surface area contributed by atoms with E-state index in [4.69, 9.17) is 28.9 Å². The van der Waals surface area contributed by atoms with Crippen LogP contribution >= 0.6 is 23.2 Å². The number of nitrogen functional groups attached to an aromatic ring is 1. The Kier molecular flexibility index (Phi) is 4.27. The maximum absolute atomic E-state index is 13.6. The summed E-state index contributed by atoms with van der Waals surface area (Å²) in [6.45, 7) is 0. The third kappa shape index (κ3) is 3.20. The summed E-state index contributed by atoms with van der Waals surface area (Å²) in [6, 6.07) is 5.39. The van der Waals surface area contributed by atoms with Crippen molar-refractivity contribution in [3.05, 3.63) is 52.0 Å². The fraction of sp³-hybridized carbons (Fsp3) is 0. The van der Waals surface area contributed by atoms with Gasteiger partial charge in [-0.1, -0.05) is 29.3 Å². The van der Waals surface area contributed by atoms with Gasteiger partial charge in [0.1, 0.15) is 16.5 Å². The van der Waals surface area contributed by atoms with E-state index in [2.05, 4.69) is 0 Å². The van der Waals surface area contributed by atoms with E-state index in [1.165, 1.54) is 18.2 Å². The van der Waals surface area contributed by atoms with E-state index in [9.17, 15) is 17.2 Å². The van der Waals surface area contributed by atoms with Crippen molar-refractivity contribution in [1.82, 2.24) is 0 Å². The van der Waals surface area contributed by atoms with Gasteiger partial charge in [-0.2, -0.15) is 0 Å². The fourth-order valence-electron chi connectivity index (χ4n) is 1.54. The molecule has 9 heteroatoms. The van der Waals surface area contributed by atoms with Crippen LogP contribution in [0.25, 0.3) is 0 Å².